The van der Waals surface area contributed by atoms with Crippen LogP contribution in [0.3, 0.4) is 0 Å². The van der Waals surface area contributed by atoms with Crippen LogP contribution in [0.25, 0.3) is 0 Å². The van der Waals surface area contributed by atoms with E-state index in [4.69, 9.17) is 23.4 Å². The van der Waals surface area contributed by atoms with Gasteiger partial charge in [0.25, 0.3) is 0 Å². The van der Waals surface area contributed by atoms with Gasteiger partial charge in [-0.3, -0.25) is 4.79 Å². The first-order valence-corrected chi connectivity index (χ1v) is 7.42. The van der Waals surface area contributed by atoms with Gasteiger partial charge in [-0.2, -0.15) is 0 Å². The zero-order chi connectivity index (χ0) is 16.6. The van der Waals surface area contributed by atoms with Gasteiger partial charge in [0.1, 0.15) is 0 Å². The topological polar surface area (TPSA) is 54.0 Å². The fraction of sp³-hybridized carbons (Fsp3) is 0.933. The average Bonchev–Trinajstić information content (AvgIpc) is 2.66. The normalized spacial score (nSPS) is 60.6. The third-order valence-corrected chi connectivity index (χ3v) is 5.65. The van der Waals surface area contributed by atoms with Gasteiger partial charge in [0, 0.05) is 22.4 Å². The first-order valence-electron chi connectivity index (χ1n) is 8.92. The van der Waals surface area contributed by atoms with Gasteiger partial charge >= 0.3 is 5.97 Å². The number of hydrogen-bond donors (Lipinski definition) is 0. The van der Waals surface area contributed by atoms with E-state index in [2.05, 4.69) is 6.92 Å². The summed E-state index contributed by atoms with van der Waals surface area (Å²) in [4.78, 5) is 23.8. The number of esters is 1. The number of ether oxygens (including phenoxy) is 2. The zero-order valence-corrected chi connectivity index (χ0v) is 11.8. The molecule has 1 aliphatic carbocycles. The van der Waals surface area contributed by atoms with E-state index in [0.717, 1.165) is 12.8 Å². The molecule has 0 amide bonds. The maximum Gasteiger partial charge on any atom is 0.311 e. The molecule has 0 aromatic heterocycles. The molecule has 5 heteroatoms. The van der Waals surface area contributed by atoms with Crippen molar-refractivity contribution in [3.05, 3.63) is 0 Å². The quantitative estimate of drug-likeness (QED) is 0.505. The van der Waals surface area contributed by atoms with Crippen molar-refractivity contribution in [1.29, 1.82) is 0 Å². The summed E-state index contributed by atoms with van der Waals surface area (Å²) in [5.74, 6) is -2.96. The number of fused-ring (bicyclic) bond motifs is 2. The van der Waals surface area contributed by atoms with E-state index in [9.17, 15) is 4.79 Å². The monoisotopic (exact) mass is 285 g/mol. The third kappa shape index (κ3) is 1.46. The van der Waals surface area contributed by atoms with Gasteiger partial charge in [-0.15, -0.1) is 0 Å². The fourth-order valence-electron chi connectivity index (χ4n) is 4.51. The van der Waals surface area contributed by atoms with Gasteiger partial charge in [0.05, 0.1) is 5.92 Å². The summed E-state index contributed by atoms with van der Waals surface area (Å²) >= 11 is 0. The van der Waals surface area contributed by atoms with Gasteiger partial charge in [-0.25, -0.2) is 9.78 Å². The van der Waals surface area contributed by atoms with Crippen LogP contribution in [0.5, 0.6) is 0 Å². The van der Waals surface area contributed by atoms with Crippen LogP contribution in [-0.4, -0.2) is 23.6 Å². The lowest BCUT2D eigenvalue weighted by atomic mass is 9.58. The fourth-order valence-corrected chi connectivity index (χ4v) is 4.51. The Morgan fingerprint density at radius 2 is 2.10 bits per heavy atom. The molecule has 2 bridgehead atoms. The summed E-state index contributed by atoms with van der Waals surface area (Å²) in [7, 11) is 0. The highest BCUT2D eigenvalue weighted by Crippen LogP contribution is 2.59. The molecule has 5 nitrogen and oxygen atoms in total. The molecule has 0 aromatic rings. The van der Waals surface area contributed by atoms with Gasteiger partial charge < -0.3 is 9.47 Å². The molecule has 7 unspecified atom stereocenters. The van der Waals surface area contributed by atoms with Gasteiger partial charge in [-0.1, -0.05) is 13.8 Å². The molecule has 112 valence electrons. The Labute approximate surface area is 123 Å². The molecule has 5 rings (SSSR count). The molecule has 1 spiro atoms. The SMILES string of the molecule is [2H]C([2H])([2H])C1C(=O)OC2OC3(C)CCC4C(C)CCC1C24OO3. The maximum atomic E-state index is 12.4. The van der Waals surface area contributed by atoms with E-state index in [0.29, 0.717) is 18.8 Å². The molecular weight excluding hydrogens is 260 g/mol. The zero-order valence-electron chi connectivity index (χ0n) is 14.8. The summed E-state index contributed by atoms with van der Waals surface area (Å²) in [6.45, 7) is 1.47. The molecular formula is C15H22O5. The lowest BCUT2D eigenvalue weighted by molar-refractivity contribution is -0.559. The summed E-state index contributed by atoms with van der Waals surface area (Å²) in [6, 6.07) is 0. The summed E-state index contributed by atoms with van der Waals surface area (Å²) in [5, 5.41) is 0. The molecule has 0 aromatic carbocycles. The molecule has 5 aliphatic rings. The molecule has 4 aliphatic heterocycles. The van der Waals surface area contributed by atoms with Crippen molar-refractivity contribution in [1.82, 2.24) is 0 Å². The van der Waals surface area contributed by atoms with Crippen molar-refractivity contribution in [3.63, 3.8) is 0 Å². The second-order valence-electron chi connectivity index (χ2n) is 6.82. The van der Waals surface area contributed by atoms with E-state index in [1.54, 1.807) is 6.92 Å². The van der Waals surface area contributed by atoms with Gasteiger partial charge in [0.2, 0.25) is 12.1 Å². The van der Waals surface area contributed by atoms with E-state index >= 15 is 0 Å². The Hall–Kier alpha value is -0.650. The van der Waals surface area contributed by atoms with E-state index in [1.165, 1.54) is 0 Å². The number of carbonyl (C=O) groups excluding carboxylic acids is 1. The van der Waals surface area contributed by atoms with Crippen LogP contribution < -0.4 is 0 Å². The molecule has 1 saturated carbocycles. The van der Waals surface area contributed by atoms with Crippen LogP contribution >= 0.6 is 0 Å². The highest BCUT2D eigenvalue weighted by Gasteiger charge is 2.69. The minimum absolute atomic E-state index is 0.0496. The van der Waals surface area contributed by atoms with Crippen molar-refractivity contribution < 1.29 is 28.2 Å². The van der Waals surface area contributed by atoms with E-state index in [1.807, 2.05) is 0 Å². The van der Waals surface area contributed by atoms with Gasteiger partial charge in [-0.05, 0) is 32.1 Å². The Morgan fingerprint density at radius 3 is 2.90 bits per heavy atom. The molecule has 4 saturated heterocycles. The Bertz CT molecular complexity index is 538. The van der Waals surface area contributed by atoms with Crippen LogP contribution in [-0.2, 0) is 24.0 Å². The molecule has 20 heavy (non-hydrogen) atoms. The Balaban J connectivity index is 1.84. The second kappa shape index (κ2) is 3.96. The predicted octanol–water partition coefficient (Wildman–Crippen LogP) is 2.39. The van der Waals surface area contributed by atoms with Crippen molar-refractivity contribution in [2.24, 2.45) is 23.7 Å². The lowest BCUT2D eigenvalue weighted by Gasteiger charge is -2.57. The summed E-state index contributed by atoms with van der Waals surface area (Å²) in [6.07, 6.45) is 1.99. The van der Waals surface area contributed by atoms with E-state index < -0.39 is 42.3 Å². The highest BCUT2D eigenvalue weighted by molar-refractivity contribution is 5.74. The van der Waals surface area contributed by atoms with Crippen molar-refractivity contribution in [2.75, 3.05) is 0 Å². The van der Waals surface area contributed by atoms with Crippen molar-refractivity contribution in [3.8, 4) is 0 Å². The average molecular weight is 285 g/mol. The lowest BCUT2D eigenvalue weighted by Crippen LogP contribution is -2.69. The number of hydrogen-bond acceptors (Lipinski definition) is 5. The number of carbonyl (C=O) groups is 1. The smallest absolute Gasteiger partial charge is 0.311 e. The number of rotatable bonds is 0. The standard InChI is InChI=1S/C15H22O5/c1-8-4-5-11-9(2)12(16)17-13-15(11)10(8)6-7-14(3,18-13)19-20-15/h8-11,13H,4-7H2,1-3H3/i2D3. The van der Waals surface area contributed by atoms with Crippen LogP contribution in [0, 0.1) is 23.7 Å². The van der Waals surface area contributed by atoms with Crippen molar-refractivity contribution >= 4 is 5.97 Å². The Kier molecular flexibility index (Phi) is 2.01. The first kappa shape index (κ1) is 10.1. The van der Waals surface area contributed by atoms with Crippen LogP contribution in [0.1, 0.15) is 50.5 Å². The largest absolute Gasteiger partial charge is 0.432 e. The summed E-state index contributed by atoms with van der Waals surface area (Å²) < 4.78 is 34.8. The summed E-state index contributed by atoms with van der Waals surface area (Å²) in [5.41, 5.74) is -1.01. The minimum atomic E-state index is -2.43. The molecule has 4 heterocycles. The maximum absolute atomic E-state index is 12.4. The minimum Gasteiger partial charge on any atom is -0.432 e. The second-order valence-corrected chi connectivity index (χ2v) is 6.82. The molecule has 5 fully saturated rings. The molecule has 0 radical (unpaired) electrons. The van der Waals surface area contributed by atoms with E-state index in [-0.39, 0.29) is 5.92 Å². The van der Waals surface area contributed by atoms with Crippen molar-refractivity contribution in [2.45, 2.75) is 64.1 Å². The highest BCUT2D eigenvalue weighted by atomic mass is 17.3. The molecule has 0 N–H and O–H groups in total. The first-order chi connectivity index (χ1) is 10.7. The van der Waals surface area contributed by atoms with Crippen LogP contribution in [0.2, 0.25) is 0 Å². The predicted molar refractivity (Wildman–Crippen MR) is 68.0 cm³/mol. The Morgan fingerprint density at radius 1 is 1.25 bits per heavy atom. The van der Waals surface area contributed by atoms with Crippen LogP contribution in [0.4, 0.5) is 0 Å². The molecule has 7 atom stereocenters. The van der Waals surface area contributed by atoms with Gasteiger partial charge in [0.15, 0.2) is 5.60 Å². The third-order valence-electron chi connectivity index (χ3n) is 5.65. The van der Waals surface area contributed by atoms with Crippen LogP contribution in [0.15, 0.2) is 0 Å².